The number of rotatable bonds is 1. The molecule has 0 aromatic carbocycles. The minimum Gasteiger partial charge on any atom is -0.483 e. The summed E-state index contributed by atoms with van der Waals surface area (Å²) < 4.78 is 10.0. The summed E-state index contributed by atoms with van der Waals surface area (Å²) in [4.78, 5) is 0.750. The van der Waals surface area contributed by atoms with Crippen molar-refractivity contribution in [2.75, 3.05) is 6.61 Å². The summed E-state index contributed by atoms with van der Waals surface area (Å²) in [5, 5.41) is 0. The fourth-order valence-electron chi connectivity index (χ4n) is 0.911. The molecule has 0 amide bonds. The third kappa shape index (κ3) is 1.07. The van der Waals surface area contributed by atoms with Gasteiger partial charge in [-0.15, -0.1) is 0 Å². The van der Waals surface area contributed by atoms with Gasteiger partial charge in [0, 0.05) is 0 Å². The van der Waals surface area contributed by atoms with Crippen LogP contribution in [-0.4, -0.2) is 11.5 Å². The van der Waals surface area contributed by atoms with Crippen LogP contribution in [0.4, 0.5) is 0 Å². The highest BCUT2D eigenvalue weighted by Gasteiger charge is 2.17. The van der Waals surface area contributed by atoms with E-state index in [1.54, 1.807) is 6.26 Å². The van der Waals surface area contributed by atoms with Gasteiger partial charge in [-0.05, 0) is 12.1 Å². The largest absolute Gasteiger partial charge is 0.483 e. The van der Waals surface area contributed by atoms with E-state index in [1.807, 2.05) is 12.1 Å². The second-order valence-electron chi connectivity index (χ2n) is 2.17. The molecule has 11 heavy (non-hydrogen) atoms. The van der Waals surface area contributed by atoms with Crippen molar-refractivity contribution >= 4 is 22.7 Å². The van der Waals surface area contributed by atoms with Crippen molar-refractivity contribution < 1.29 is 9.15 Å². The average molecular weight is 165 g/mol. The molecule has 1 aliphatic heterocycles. The Balaban J connectivity index is 2.37. The van der Waals surface area contributed by atoms with E-state index in [9.17, 15) is 0 Å². The van der Waals surface area contributed by atoms with Crippen LogP contribution < -0.4 is 0 Å². The first-order valence-electron chi connectivity index (χ1n) is 3.20. The summed E-state index contributed by atoms with van der Waals surface area (Å²) in [6.45, 7) is 0.450. The van der Waals surface area contributed by atoms with Crippen molar-refractivity contribution in [2.24, 2.45) is 0 Å². The molecule has 0 unspecified atom stereocenters. The number of hydrogen-bond acceptors (Lipinski definition) is 3. The molecule has 0 saturated carbocycles. The Morgan fingerprint density at radius 3 is 3.00 bits per heavy atom. The molecule has 1 aromatic heterocycles. The van der Waals surface area contributed by atoms with Crippen LogP contribution >= 0.6 is 12.2 Å². The average Bonchev–Trinajstić information content (AvgIpc) is 2.55. The van der Waals surface area contributed by atoms with Crippen LogP contribution in [0.15, 0.2) is 22.8 Å². The Morgan fingerprint density at radius 1 is 1.55 bits per heavy atom. The van der Waals surface area contributed by atoms with E-state index >= 15 is 0 Å². The minimum atomic E-state index is 0.450. The standard InChI is InChI=1S/C8H5O2S/c11-8-5-9-4-6(8)7-2-1-3-10-7/h1-3H,5H2. The van der Waals surface area contributed by atoms with E-state index in [2.05, 4.69) is 6.26 Å². The Kier molecular flexibility index (Phi) is 1.51. The van der Waals surface area contributed by atoms with Gasteiger partial charge in [0.2, 0.25) is 0 Å². The molecule has 1 aromatic rings. The summed E-state index contributed by atoms with van der Waals surface area (Å²) in [6, 6.07) is 3.65. The second-order valence-corrected chi connectivity index (χ2v) is 2.66. The first kappa shape index (κ1) is 6.61. The molecule has 0 aliphatic carbocycles. The molecule has 2 heterocycles. The van der Waals surface area contributed by atoms with Gasteiger partial charge in [-0.1, -0.05) is 12.2 Å². The van der Waals surface area contributed by atoms with Gasteiger partial charge in [-0.2, -0.15) is 0 Å². The maximum atomic E-state index is 5.12. The van der Waals surface area contributed by atoms with Gasteiger partial charge >= 0.3 is 0 Å². The minimum absolute atomic E-state index is 0.450. The van der Waals surface area contributed by atoms with Crippen molar-refractivity contribution in [1.29, 1.82) is 0 Å². The van der Waals surface area contributed by atoms with Crippen LogP contribution in [0.5, 0.6) is 0 Å². The summed E-state index contributed by atoms with van der Waals surface area (Å²) in [5.41, 5.74) is 0.769. The van der Waals surface area contributed by atoms with Gasteiger partial charge in [0.25, 0.3) is 0 Å². The highest BCUT2D eigenvalue weighted by molar-refractivity contribution is 7.81. The highest BCUT2D eigenvalue weighted by Crippen LogP contribution is 2.20. The van der Waals surface area contributed by atoms with Crippen molar-refractivity contribution in [3.63, 3.8) is 0 Å². The Bertz CT molecular complexity index is 298. The maximum absolute atomic E-state index is 5.12. The number of ether oxygens (including phenoxy) is 1. The van der Waals surface area contributed by atoms with Crippen molar-refractivity contribution in [1.82, 2.24) is 0 Å². The third-order valence-electron chi connectivity index (χ3n) is 1.42. The second kappa shape index (κ2) is 2.51. The van der Waals surface area contributed by atoms with Crippen molar-refractivity contribution in [2.45, 2.75) is 0 Å². The van der Waals surface area contributed by atoms with Crippen LogP contribution in [0.1, 0.15) is 5.76 Å². The Labute approximate surface area is 69.5 Å². The van der Waals surface area contributed by atoms with Crippen molar-refractivity contribution in [3.05, 3.63) is 30.4 Å². The highest BCUT2D eigenvalue weighted by atomic mass is 32.1. The first-order valence-corrected chi connectivity index (χ1v) is 3.60. The predicted molar refractivity (Wildman–Crippen MR) is 43.9 cm³/mol. The van der Waals surface area contributed by atoms with Gasteiger partial charge in [-0.25, -0.2) is 0 Å². The van der Waals surface area contributed by atoms with E-state index in [-0.39, 0.29) is 0 Å². The molecule has 2 nitrogen and oxygen atoms in total. The molecule has 1 aliphatic rings. The summed E-state index contributed by atoms with van der Waals surface area (Å²) in [7, 11) is 0. The lowest BCUT2D eigenvalue weighted by Gasteiger charge is -1.91. The zero-order valence-electron chi connectivity index (χ0n) is 5.66. The molecule has 0 bridgehead atoms. The van der Waals surface area contributed by atoms with E-state index in [1.165, 1.54) is 0 Å². The lowest BCUT2D eigenvalue weighted by atomic mass is 10.2. The topological polar surface area (TPSA) is 22.4 Å². The molecule has 0 atom stereocenters. The zero-order chi connectivity index (χ0) is 7.68. The summed E-state index contributed by atoms with van der Waals surface area (Å²) in [5.74, 6) is 0.729. The fraction of sp³-hybridized carbons (Fsp3) is 0.125. The maximum Gasteiger partial charge on any atom is 0.174 e. The molecular formula is C8H5O2S. The van der Waals surface area contributed by atoms with E-state index in [0.717, 1.165) is 16.2 Å². The molecule has 3 heteroatoms. The molecule has 0 N–H and O–H groups in total. The monoisotopic (exact) mass is 165 g/mol. The van der Waals surface area contributed by atoms with Crippen LogP contribution in [0, 0.1) is 6.26 Å². The molecule has 1 radical (unpaired) electrons. The molecular weight excluding hydrogens is 160 g/mol. The van der Waals surface area contributed by atoms with Gasteiger partial charge in [-0.3, -0.25) is 0 Å². The van der Waals surface area contributed by atoms with E-state index < -0.39 is 0 Å². The quantitative estimate of drug-likeness (QED) is 0.593. The smallest absolute Gasteiger partial charge is 0.174 e. The SMILES string of the molecule is S=C1CO[C]=C1c1ccco1. The van der Waals surface area contributed by atoms with Crippen LogP contribution in [0.2, 0.25) is 0 Å². The molecule has 0 saturated heterocycles. The van der Waals surface area contributed by atoms with Crippen LogP contribution in [0.25, 0.3) is 5.57 Å². The van der Waals surface area contributed by atoms with Gasteiger partial charge < -0.3 is 9.15 Å². The van der Waals surface area contributed by atoms with Gasteiger partial charge in [0.1, 0.15) is 12.4 Å². The fourth-order valence-corrected chi connectivity index (χ4v) is 1.11. The number of furan rings is 1. The summed E-state index contributed by atoms with van der Waals surface area (Å²) >= 11 is 5.00. The van der Waals surface area contributed by atoms with Crippen molar-refractivity contribution in [3.8, 4) is 0 Å². The van der Waals surface area contributed by atoms with Gasteiger partial charge in [0.05, 0.1) is 16.7 Å². The van der Waals surface area contributed by atoms with Crippen LogP contribution in [0.3, 0.4) is 0 Å². The van der Waals surface area contributed by atoms with Crippen LogP contribution in [-0.2, 0) is 4.74 Å². The Morgan fingerprint density at radius 2 is 2.45 bits per heavy atom. The molecule has 0 fully saturated rings. The van der Waals surface area contributed by atoms with E-state index in [4.69, 9.17) is 21.4 Å². The first-order chi connectivity index (χ1) is 5.38. The number of hydrogen-bond donors (Lipinski definition) is 0. The van der Waals surface area contributed by atoms with Gasteiger partial charge in [0.15, 0.2) is 6.26 Å². The number of thiocarbonyl (C=S) groups is 1. The predicted octanol–water partition coefficient (Wildman–Crippen LogP) is 1.82. The normalized spacial score (nSPS) is 16.4. The zero-order valence-corrected chi connectivity index (χ0v) is 6.48. The third-order valence-corrected chi connectivity index (χ3v) is 1.75. The Hall–Kier alpha value is -1.09. The van der Waals surface area contributed by atoms with E-state index in [0.29, 0.717) is 6.61 Å². The molecule has 55 valence electrons. The molecule has 0 spiro atoms. The lowest BCUT2D eigenvalue weighted by Crippen LogP contribution is -1.96. The molecule has 2 rings (SSSR count). The summed E-state index contributed by atoms with van der Waals surface area (Å²) in [6.07, 6.45) is 4.29. The lowest BCUT2D eigenvalue weighted by molar-refractivity contribution is 0.294.